The molecule has 1 aliphatic heterocycles. The lowest BCUT2D eigenvalue weighted by molar-refractivity contribution is -0.134. The molecule has 1 aromatic rings. The highest BCUT2D eigenvalue weighted by molar-refractivity contribution is 9.10. The van der Waals surface area contributed by atoms with Gasteiger partial charge in [-0.25, -0.2) is 0 Å². The third-order valence-electron chi connectivity index (χ3n) is 3.93. The van der Waals surface area contributed by atoms with Crippen molar-refractivity contribution in [2.45, 2.75) is 26.3 Å². The van der Waals surface area contributed by atoms with Gasteiger partial charge in [-0.2, -0.15) is 0 Å². The summed E-state index contributed by atoms with van der Waals surface area (Å²) in [6, 6.07) is 5.70. The van der Waals surface area contributed by atoms with Crippen LogP contribution < -0.4 is 10.1 Å². The number of likely N-dealkylation sites (tertiary alicyclic amines) is 1. The number of hydrogen-bond acceptors (Lipinski definition) is 3. The van der Waals surface area contributed by atoms with Crippen LogP contribution in [-0.2, 0) is 16.1 Å². The molecule has 6 heteroatoms. The summed E-state index contributed by atoms with van der Waals surface area (Å²) in [5.41, 5.74) is 0.921. The van der Waals surface area contributed by atoms with E-state index in [1.54, 1.807) is 18.9 Å². The van der Waals surface area contributed by atoms with Crippen LogP contribution in [0.5, 0.6) is 5.75 Å². The topological polar surface area (TPSA) is 58.6 Å². The van der Waals surface area contributed by atoms with Crippen molar-refractivity contribution in [1.29, 1.82) is 0 Å². The molecule has 5 nitrogen and oxygen atoms in total. The Bertz CT molecular complexity index is 562. The Morgan fingerprint density at radius 2 is 2.23 bits per heavy atom. The molecule has 1 N–H and O–H groups in total. The quantitative estimate of drug-likeness (QED) is 0.886. The highest BCUT2D eigenvalue weighted by atomic mass is 79.9. The van der Waals surface area contributed by atoms with E-state index in [0.29, 0.717) is 13.1 Å². The van der Waals surface area contributed by atoms with Crippen molar-refractivity contribution >= 4 is 27.7 Å². The van der Waals surface area contributed by atoms with Crippen molar-refractivity contribution < 1.29 is 14.3 Å². The zero-order valence-corrected chi connectivity index (χ0v) is 14.5. The lowest BCUT2D eigenvalue weighted by atomic mass is 9.97. The Balaban J connectivity index is 1.95. The van der Waals surface area contributed by atoms with Crippen molar-refractivity contribution in [1.82, 2.24) is 10.2 Å². The maximum Gasteiger partial charge on any atom is 0.225 e. The Kier molecular flexibility index (Phi) is 5.83. The molecule has 1 aromatic carbocycles. The monoisotopic (exact) mass is 368 g/mol. The molecule has 1 atom stereocenters. The molecule has 1 heterocycles. The van der Waals surface area contributed by atoms with Crippen LogP contribution in [0.2, 0.25) is 0 Å². The van der Waals surface area contributed by atoms with E-state index in [1.165, 1.54) is 0 Å². The van der Waals surface area contributed by atoms with Crippen molar-refractivity contribution in [3.8, 4) is 5.75 Å². The maximum absolute atomic E-state index is 12.3. The number of nitrogens with zero attached hydrogens (tertiary/aromatic N) is 1. The van der Waals surface area contributed by atoms with Gasteiger partial charge in [0.05, 0.1) is 13.0 Å². The highest BCUT2D eigenvalue weighted by Gasteiger charge is 2.26. The molecule has 2 amide bonds. The average Bonchev–Trinajstić information content (AvgIpc) is 2.52. The summed E-state index contributed by atoms with van der Waals surface area (Å²) < 4.78 is 6.24. The summed E-state index contributed by atoms with van der Waals surface area (Å²) in [4.78, 5) is 25.5. The van der Waals surface area contributed by atoms with Gasteiger partial charge in [-0.1, -0.05) is 15.9 Å². The lowest BCUT2D eigenvalue weighted by Crippen LogP contribution is -2.44. The van der Waals surface area contributed by atoms with Crippen LogP contribution in [0.25, 0.3) is 0 Å². The van der Waals surface area contributed by atoms with E-state index in [2.05, 4.69) is 21.2 Å². The number of rotatable bonds is 4. The second-order valence-corrected chi connectivity index (χ2v) is 6.39. The van der Waals surface area contributed by atoms with Gasteiger partial charge in [-0.15, -0.1) is 0 Å². The standard InChI is InChI=1S/C16H21BrN2O3/c1-11(20)19-7-3-4-12(10-19)16(21)18-9-13-8-14(17)5-6-15(13)22-2/h5-6,8,12H,3-4,7,9-10H2,1-2H3,(H,18,21)/t12-/m0/s1. The minimum Gasteiger partial charge on any atom is -0.496 e. The fraction of sp³-hybridized carbons (Fsp3) is 0.500. The van der Waals surface area contributed by atoms with Crippen molar-refractivity contribution in [2.24, 2.45) is 5.92 Å². The first kappa shape index (κ1) is 16.8. The summed E-state index contributed by atoms with van der Waals surface area (Å²) in [7, 11) is 1.61. The predicted octanol–water partition coefficient (Wildman–Crippen LogP) is 2.33. The molecular weight excluding hydrogens is 348 g/mol. The molecular formula is C16H21BrN2O3. The van der Waals surface area contributed by atoms with Crippen LogP contribution in [-0.4, -0.2) is 36.9 Å². The van der Waals surface area contributed by atoms with Gasteiger partial charge in [0.2, 0.25) is 11.8 Å². The Morgan fingerprint density at radius 1 is 1.45 bits per heavy atom. The molecule has 0 saturated carbocycles. The van der Waals surface area contributed by atoms with E-state index in [1.807, 2.05) is 18.2 Å². The average molecular weight is 369 g/mol. The fourth-order valence-corrected chi connectivity index (χ4v) is 3.10. The number of benzene rings is 1. The van der Waals surface area contributed by atoms with E-state index in [4.69, 9.17) is 4.74 Å². The summed E-state index contributed by atoms with van der Waals surface area (Å²) in [6.07, 6.45) is 1.70. The van der Waals surface area contributed by atoms with Crippen LogP contribution in [0, 0.1) is 5.92 Å². The molecule has 1 aliphatic rings. The Morgan fingerprint density at radius 3 is 2.91 bits per heavy atom. The number of carbonyl (C=O) groups excluding carboxylic acids is 2. The molecule has 0 radical (unpaired) electrons. The first-order valence-electron chi connectivity index (χ1n) is 7.37. The SMILES string of the molecule is COc1ccc(Br)cc1CNC(=O)[C@H]1CCCN(C(C)=O)C1. The zero-order valence-electron chi connectivity index (χ0n) is 12.9. The molecule has 22 heavy (non-hydrogen) atoms. The molecule has 0 bridgehead atoms. The lowest BCUT2D eigenvalue weighted by Gasteiger charge is -2.31. The van der Waals surface area contributed by atoms with Gasteiger partial charge in [-0.3, -0.25) is 9.59 Å². The number of ether oxygens (including phenoxy) is 1. The number of hydrogen-bond donors (Lipinski definition) is 1. The number of piperidine rings is 1. The number of nitrogens with one attached hydrogen (secondary N) is 1. The normalized spacial score (nSPS) is 18.0. The molecule has 1 saturated heterocycles. The van der Waals surface area contributed by atoms with Gasteiger partial charge in [-0.05, 0) is 31.0 Å². The third-order valence-corrected chi connectivity index (χ3v) is 4.43. The Labute approximate surface area is 139 Å². The van der Waals surface area contributed by atoms with Crippen LogP contribution in [0.15, 0.2) is 22.7 Å². The summed E-state index contributed by atoms with van der Waals surface area (Å²) >= 11 is 3.42. The molecule has 0 spiro atoms. The van der Waals surface area contributed by atoms with Crippen LogP contribution in [0.3, 0.4) is 0 Å². The Hall–Kier alpha value is -1.56. The van der Waals surface area contributed by atoms with E-state index < -0.39 is 0 Å². The minimum absolute atomic E-state index is 0.00650. The second kappa shape index (κ2) is 7.63. The van der Waals surface area contributed by atoms with E-state index in [-0.39, 0.29) is 17.7 Å². The van der Waals surface area contributed by atoms with Gasteiger partial charge in [0.25, 0.3) is 0 Å². The van der Waals surface area contributed by atoms with E-state index in [9.17, 15) is 9.59 Å². The van der Waals surface area contributed by atoms with Gasteiger partial charge in [0.1, 0.15) is 5.75 Å². The fourth-order valence-electron chi connectivity index (χ4n) is 2.69. The van der Waals surface area contributed by atoms with Crippen LogP contribution in [0.1, 0.15) is 25.3 Å². The first-order chi connectivity index (χ1) is 10.5. The van der Waals surface area contributed by atoms with E-state index in [0.717, 1.165) is 35.2 Å². The molecule has 1 fully saturated rings. The third kappa shape index (κ3) is 4.22. The summed E-state index contributed by atoms with van der Waals surface area (Å²) in [5.74, 6) is 0.646. The van der Waals surface area contributed by atoms with Gasteiger partial charge in [0.15, 0.2) is 0 Å². The minimum atomic E-state index is -0.129. The van der Waals surface area contributed by atoms with Gasteiger partial charge < -0.3 is 15.0 Å². The van der Waals surface area contributed by atoms with Gasteiger partial charge >= 0.3 is 0 Å². The van der Waals surface area contributed by atoms with Gasteiger partial charge in [0, 0.05) is 36.6 Å². The smallest absolute Gasteiger partial charge is 0.225 e. The van der Waals surface area contributed by atoms with Crippen molar-refractivity contribution in [3.63, 3.8) is 0 Å². The number of amides is 2. The molecule has 120 valence electrons. The maximum atomic E-state index is 12.3. The largest absolute Gasteiger partial charge is 0.496 e. The summed E-state index contributed by atoms with van der Waals surface area (Å²) in [5, 5.41) is 2.95. The highest BCUT2D eigenvalue weighted by Crippen LogP contribution is 2.23. The predicted molar refractivity (Wildman–Crippen MR) is 87.5 cm³/mol. The number of halogens is 1. The molecule has 0 aliphatic carbocycles. The number of methoxy groups -OCH3 is 1. The van der Waals surface area contributed by atoms with Crippen molar-refractivity contribution in [2.75, 3.05) is 20.2 Å². The van der Waals surface area contributed by atoms with E-state index >= 15 is 0 Å². The molecule has 2 rings (SSSR count). The van der Waals surface area contributed by atoms with Crippen LogP contribution >= 0.6 is 15.9 Å². The van der Waals surface area contributed by atoms with Crippen LogP contribution in [0.4, 0.5) is 0 Å². The van der Waals surface area contributed by atoms with Crippen molar-refractivity contribution in [3.05, 3.63) is 28.2 Å². The first-order valence-corrected chi connectivity index (χ1v) is 8.16. The zero-order chi connectivity index (χ0) is 16.1. The summed E-state index contributed by atoms with van der Waals surface area (Å²) in [6.45, 7) is 3.22. The molecule has 0 unspecified atom stereocenters. The molecule has 0 aromatic heterocycles. The number of carbonyl (C=O) groups is 2. The second-order valence-electron chi connectivity index (χ2n) is 5.48.